The lowest BCUT2D eigenvalue weighted by molar-refractivity contribution is -0.138. The Morgan fingerprint density at radius 1 is 1.80 bits per heavy atom. The molecule has 1 aliphatic rings. The van der Waals surface area contributed by atoms with E-state index in [1.807, 2.05) is 0 Å². The predicted molar refractivity (Wildman–Crippen MR) is 33.5 cm³/mol. The lowest BCUT2D eigenvalue weighted by atomic mass is 10.1. The molecule has 5 heteroatoms. The van der Waals surface area contributed by atoms with Crippen LogP contribution in [0.25, 0.3) is 0 Å². The summed E-state index contributed by atoms with van der Waals surface area (Å²) in [6, 6.07) is -0.847. The third-order valence-corrected chi connectivity index (χ3v) is 1.37. The summed E-state index contributed by atoms with van der Waals surface area (Å²) in [7, 11) is 0. The topological polar surface area (TPSA) is 88.0 Å². The van der Waals surface area contributed by atoms with E-state index in [1.165, 1.54) is 0 Å². The van der Waals surface area contributed by atoms with Crippen LogP contribution in [0.2, 0.25) is 0 Å². The zero-order valence-electron chi connectivity index (χ0n) is 5.61. The van der Waals surface area contributed by atoms with Gasteiger partial charge in [0.15, 0.2) is 5.66 Å². The molecule has 10 heavy (non-hydrogen) atoms. The third kappa shape index (κ3) is 1.51. The number of aliphatic carboxylic acids is 1. The first-order valence-electron chi connectivity index (χ1n) is 2.96. The van der Waals surface area contributed by atoms with Crippen LogP contribution in [0.1, 0.15) is 13.3 Å². The second kappa shape index (κ2) is 2.02. The van der Waals surface area contributed by atoms with Crippen molar-refractivity contribution < 1.29 is 9.90 Å². The van der Waals surface area contributed by atoms with Crippen molar-refractivity contribution in [2.24, 2.45) is 16.0 Å². The highest BCUT2D eigenvalue weighted by molar-refractivity contribution is 5.73. The lowest BCUT2D eigenvalue weighted by Crippen LogP contribution is -2.34. The van der Waals surface area contributed by atoms with Crippen molar-refractivity contribution in [3.63, 3.8) is 0 Å². The van der Waals surface area contributed by atoms with E-state index in [9.17, 15) is 4.79 Å². The van der Waals surface area contributed by atoms with Gasteiger partial charge in [-0.3, -0.25) is 4.79 Å². The third-order valence-electron chi connectivity index (χ3n) is 1.37. The van der Waals surface area contributed by atoms with E-state index < -0.39 is 17.7 Å². The summed E-state index contributed by atoms with van der Waals surface area (Å²) in [5.74, 6) is -1.00. The van der Waals surface area contributed by atoms with Gasteiger partial charge in [-0.2, -0.15) is 10.2 Å². The van der Waals surface area contributed by atoms with Gasteiger partial charge in [0, 0.05) is 6.42 Å². The number of carbonyl (C=O) groups is 1. The first-order valence-corrected chi connectivity index (χ1v) is 2.96. The standard InChI is InChI=1S/C5H9N3O2/c1-5(7-8-5)2-3(6)4(9)10/h3H,2,6H2,1H3,(H,9,10)/t3-/m0/s1. The molecule has 0 saturated carbocycles. The van der Waals surface area contributed by atoms with E-state index in [0.717, 1.165) is 0 Å². The van der Waals surface area contributed by atoms with Crippen LogP contribution in [0, 0.1) is 0 Å². The van der Waals surface area contributed by atoms with Crippen molar-refractivity contribution >= 4 is 5.97 Å². The maximum absolute atomic E-state index is 10.2. The van der Waals surface area contributed by atoms with E-state index in [1.54, 1.807) is 6.92 Å². The van der Waals surface area contributed by atoms with Crippen LogP contribution in [-0.4, -0.2) is 22.8 Å². The molecule has 0 fully saturated rings. The molecule has 0 aromatic carbocycles. The van der Waals surface area contributed by atoms with Gasteiger partial charge in [-0.25, -0.2) is 0 Å². The van der Waals surface area contributed by atoms with Gasteiger partial charge in [0.2, 0.25) is 0 Å². The molecule has 0 amide bonds. The van der Waals surface area contributed by atoms with Crippen LogP contribution < -0.4 is 5.73 Å². The number of hydrogen-bond donors (Lipinski definition) is 2. The smallest absolute Gasteiger partial charge is 0.320 e. The quantitative estimate of drug-likeness (QED) is 0.581. The predicted octanol–water partition coefficient (Wildman–Crippen LogP) is -0.0296. The van der Waals surface area contributed by atoms with Crippen LogP contribution in [-0.2, 0) is 4.79 Å². The van der Waals surface area contributed by atoms with Gasteiger partial charge in [-0.1, -0.05) is 0 Å². The highest BCUT2D eigenvalue weighted by Gasteiger charge is 2.37. The molecule has 0 aromatic heterocycles. The number of carboxylic acids is 1. The summed E-state index contributed by atoms with van der Waals surface area (Å²) in [4.78, 5) is 10.2. The molecule has 0 saturated heterocycles. The van der Waals surface area contributed by atoms with Crippen molar-refractivity contribution in [2.45, 2.75) is 25.0 Å². The normalized spacial score (nSPS) is 22.2. The van der Waals surface area contributed by atoms with Crippen LogP contribution in [0.15, 0.2) is 10.2 Å². The Kier molecular flexibility index (Phi) is 1.44. The Morgan fingerprint density at radius 2 is 2.30 bits per heavy atom. The number of rotatable bonds is 3. The fourth-order valence-electron chi connectivity index (χ4n) is 0.671. The molecule has 1 aliphatic heterocycles. The molecule has 56 valence electrons. The van der Waals surface area contributed by atoms with Gasteiger partial charge in [0.25, 0.3) is 0 Å². The van der Waals surface area contributed by atoms with Crippen LogP contribution >= 0.6 is 0 Å². The average molecular weight is 143 g/mol. The number of hydrogen-bond acceptors (Lipinski definition) is 4. The van der Waals surface area contributed by atoms with Crippen LogP contribution in [0.5, 0.6) is 0 Å². The first kappa shape index (κ1) is 7.14. The Hall–Kier alpha value is -0.970. The number of nitrogens with two attached hydrogens (primary N) is 1. The molecule has 0 radical (unpaired) electrons. The van der Waals surface area contributed by atoms with Crippen LogP contribution in [0.3, 0.4) is 0 Å². The molecule has 0 aromatic rings. The zero-order chi connectivity index (χ0) is 7.78. The van der Waals surface area contributed by atoms with Crippen molar-refractivity contribution in [3.05, 3.63) is 0 Å². The molecule has 0 unspecified atom stereocenters. The largest absolute Gasteiger partial charge is 0.480 e. The monoisotopic (exact) mass is 143 g/mol. The molecule has 1 heterocycles. The fourth-order valence-corrected chi connectivity index (χ4v) is 0.671. The minimum absolute atomic E-state index is 0.294. The SMILES string of the molecule is CC1(C[C@H](N)C(=O)O)N=N1. The summed E-state index contributed by atoms with van der Waals surface area (Å²) in [5.41, 5.74) is 4.72. The molecule has 1 atom stereocenters. The van der Waals surface area contributed by atoms with Crippen molar-refractivity contribution in [1.82, 2.24) is 0 Å². The summed E-state index contributed by atoms with van der Waals surface area (Å²) in [5, 5.41) is 15.6. The van der Waals surface area contributed by atoms with Crippen molar-refractivity contribution in [3.8, 4) is 0 Å². The first-order chi connectivity index (χ1) is 4.53. The molecule has 3 N–H and O–H groups in total. The Bertz CT molecular complexity index is 183. The molecule has 0 spiro atoms. The fraction of sp³-hybridized carbons (Fsp3) is 0.800. The van der Waals surface area contributed by atoms with E-state index in [2.05, 4.69) is 10.2 Å². The second-order valence-corrected chi connectivity index (χ2v) is 2.57. The molecule has 5 nitrogen and oxygen atoms in total. The molecule has 1 rings (SSSR count). The Morgan fingerprint density at radius 3 is 2.60 bits per heavy atom. The lowest BCUT2D eigenvalue weighted by Gasteiger charge is -2.06. The maximum Gasteiger partial charge on any atom is 0.320 e. The minimum Gasteiger partial charge on any atom is -0.480 e. The summed E-state index contributed by atoms with van der Waals surface area (Å²) in [6.07, 6.45) is 0.294. The Labute approximate surface area is 57.9 Å². The van der Waals surface area contributed by atoms with Gasteiger partial charge in [0.05, 0.1) is 0 Å². The van der Waals surface area contributed by atoms with E-state index >= 15 is 0 Å². The highest BCUT2D eigenvalue weighted by atomic mass is 16.4. The maximum atomic E-state index is 10.2. The van der Waals surface area contributed by atoms with Gasteiger partial charge < -0.3 is 10.8 Å². The summed E-state index contributed by atoms with van der Waals surface area (Å²) < 4.78 is 0. The van der Waals surface area contributed by atoms with Gasteiger partial charge in [0.1, 0.15) is 6.04 Å². The van der Waals surface area contributed by atoms with Gasteiger partial charge in [-0.15, -0.1) is 0 Å². The summed E-state index contributed by atoms with van der Waals surface area (Å²) >= 11 is 0. The van der Waals surface area contributed by atoms with Crippen molar-refractivity contribution in [2.75, 3.05) is 0 Å². The highest BCUT2D eigenvalue weighted by Crippen LogP contribution is 2.31. The average Bonchev–Trinajstić information content (AvgIpc) is 2.47. The number of nitrogens with zero attached hydrogens (tertiary/aromatic N) is 2. The van der Waals surface area contributed by atoms with E-state index in [-0.39, 0.29) is 0 Å². The zero-order valence-corrected chi connectivity index (χ0v) is 5.61. The number of carboxylic acid groups (broad SMARTS) is 1. The van der Waals surface area contributed by atoms with E-state index in [0.29, 0.717) is 6.42 Å². The van der Waals surface area contributed by atoms with Gasteiger partial charge >= 0.3 is 5.97 Å². The molecule has 0 aliphatic carbocycles. The molecular formula is C5H9N3O2. The van der Waals surface area contributed by atoms with Crippen molar-refractivity contribution in [1.29, 1.82) is 0 Å². The Balaban J connectivity index is 2.32. The van der Waals surface area contributed by atoms with Crippen LogP contribution in [0.4, 0.5) is 0 Å². The molecule has 0 bridgehead atoms. The van der Waals surface area contributed by atoms with Gasteiger partial charge in [-0.05, 0) is 6.92 Å². The van der Waals surface area contributed by atoms with E-state index in [4.69, 9.17) is 10.8 Å². The second-order valence-electron chi connectivity index (χ2n) is 2.57. The summed E-state index contributed by atoms with van der Waals surface area (Å²) in [6.45, 7) is 1.75. The minimum atomic E-state index is -1.00. The molecular weight excluding hydrogens is 134 g/mol.